The topological polar surface area (TPSA) is 39.9 Å². The van der Waals surface area contributed by atoms with E-state index in [-0.39, 0.29) is 0 Å². The van der Waals surface area contributed by atoms with Gasteiger partial charge in [-0.3, -0.25) is 4.98 Å². The van der Waals surface area contributed by atoms with Crippen molar-refractivity contribution in [2.75, 3.05) is 6.61 Å². The number of aromatic nitrogens is 3. The van der Waals surface area contributed by atoms with Crippen LogP contribution in [0.1, 0.15) is 5.56 Å². The van der Waals surface area contributed by atoms with E-state index in [0.717, 1.165) is 46.0 Å². The minimum atomic E-state index is -4.36. The van der Waals surface area contributed by atoms with Gasteiger partial charge in [0.05, 0.1) is 22.5 Å². The fourth-order valence-corrected chi connectivity index (χ4v) is 4.32. The van der Waals surface area contributed by atoms with Crippen molar-refractivity contribution < 1.29 is 17.9 Å². The predicted octanol–water partition coefficient (Wildman–Crippen LogP) is 7.10. The molecule has 0 unspecified atom stereocenters. The summed E-state index contributed by atoms with van der Waals surface area (Å²) in [7, 11) is -1.20. The number of fused-ring (bicyclic) bond motifs is 1. The van der Waals surface area contributed by atoms with Gasteiger partial charge in [-0.05, 0) is 53.6 Å². The molecule has 2 heterocycles. The highest BCUT2D eigenvalue weighted by atomic mass is 28.3. The van der Waals surface area contributed by atoms with E-state index >= 15 is 0 Å². The number of nitrogens with zero attached hydrogens (tertiary/aromatic N) is 3. The summed E-state index contributed by atoms with van der Waals surface area (Å²) in [6.07, 6.45) is -2.63. The van der Waals surface area contributed by atoms with Gasteiger partial charge in [-0.2, -0.15) is 18.3 Å². The number of hydrogen-bond donors (Lipinski definition) is 0. The summed E-state index contributed by atoms with van der Waals surface area (Å²) in [4.78, 5) is 4.51. The molecule has 33 heavy (non-hydrogen) atoms. The Balaban J connectivity index is 1.71. The summed E-state index contributed by atoms with van der Waals surface area (Å²) in [6, 6.07) is 17.6. The third-order valence-corrected chi connectivity index (χ3v) is 7.11. The van der Waals surface area contributed by atoms with Crippen molar-refractivity contribution in [3.8, 4) is 22.5 Å². The lowest BCUT2D eigenvalue weighted by atomic mass is 10.0. The number of alkyl halides is 3. The Morgan fingerprint density at radius 3 is 2.30 bits per heavy atom. The van der Waals surface area contributed by atoms with Crippen LogP contribution in [0.25, 0.3) is 33.4 Å². The molecular weight excluding hydrogens is 443 g/mol. The first kappa shape index (κ1) is 23.2. The molecule has 0 bridgehead atoms. The molecular formula is C25H26F3N3OSi. The number of halogens is 3. The molecule has 0 amide bonds. The molecule has 2 aromatic carbocycles. The summed E-state index contributed by atoms with van der Waals surface area (Å²) in [5, 5.41) is 5.59. The monoisotopic (exact) mass is 469 g/mol. The van der Waals surface area contributed by atoms with Gasteiger partial charge in [0.25, 0.3) is 0 Å². The number of pyridine rings is 1. The first-order valence-corrected chi connectivity index (χ1v) is 14.5. The Kier molecular flexibility index (Phi) is 6.40. The van der Waals surface area contributed by atoms with Crippen molar-refractivity contribution in [2.45, 2.75) is 38.6 Å². The molecule has 0 saturated heterocycles. The van der Waals surface area contributed by atoms with Crippen LogP contribution in [-0.2, 0) is 17.6 Å². The zero-order chi connectivity index (χ0) is 23.6. The third kappa shape index (κ3) is 5.51. The molecule has 0 atom stereocenters. The van der Waals surface area contributed by atoms with Gasteiger partial charge in [0.2, 0.25) is 0 Å². The second-order valence-electron chi connectivity index (χ2n) is 9.22. The van der Waals surface area contributed by atoms with E-state index in [4.69, 9.17) is 9.84 Å². The standard InChI is InChI=1S/C25H26F3N3OSi/c1-33(2,3)15-14-32-17-31-24(23-6-4-5-13-29-23)21-16-19(9-12-22(21)30-31)18-7-10-20(11-8-18)25(26,27)28/h4-13,16H,14-15,17H2,1-3H3. The Morgan fingerprint density at radius 1 is 0.939 bits per heavy atom. The molecule has 8 heteroatoms. The summed E-state index contributed by atoms with van der Waals surface area (Å²) >= 11 is 0. The quantitative estimate of drug-likeness (QED) is 0.214. The van der Waals surface area contributed by atoms with Gasteiger partial charge in [0.15, 0.2) is 0 Å². The molecule has 0 N–H and O–H groups in total. The smallest absolute Gasteiger partial charge is 0.360 e. The van der Waals surface area contributed by atoms with Gasteiger partial charge in [-0.25, -0.2) is 4.68 Å². The highest BCUT2D eigenvalue weighted by Crippen LogP contribution is 2.34. The van der Waals surface area contributed by atoms with E-state index in [1.54, 1.807) is 6.20 Å². The van der Waals surface area contributed by atoms with E-state index in [9.17, 15) is 13.2 Å². The second-order valence-corrected chi connectivity index (χ2v) is 14.8. The predicted molar refractivity (Wildman–Crippen MR) is 128 cm³/mol. The van der Waals surface area contributed by atoms with E-state index in [1.807, 2.05) is 41.1 Å². The molecule has 0 aliphatic heterocycles. The minimum absolute atomic E-state index is 0.306. The molecule has 0 aliphatic carbocycles. The molecule has 4 rings (SSSR count). The second kappa shape index (κ2) is 9.11. The van der Waals surface area contributed by atoms with E-state index in [1.165, 1.54) is 12.1 Å². The van der Waals surface area contributed by atoms with Crippen molar-refractivity contribution >= 4 is 19.0 Å². The SMILES string of the molecule is C[Si](C)(C)CCOCn1nc2ccc(-c3ccc(C(F)(F)F)cc3)cc2c1-c1ccccn1. The lowest BCUT2D eigenvalue weighted by molar-refractivity contribution is -0.137. The number of hydrogen-bond acceptors (Lipinski definition) is 3. The van der Waals surface area contributed by atoms with Crippen LogP contribution in [0.15, 0.2) is 66.9 Å². The summed E-state index contributed by atoms with van der Waals surface area (Å²) in [5.74, 6) is 0. The van der Waals surface area contributed by atoms with Crippen LogP contribution < -0.4 is 0 Å². The molecule has 4 nitrogen and oxygen atoms in total. The molecule has 0 radical (unpaired) electrons. The van der Waals surface area contributed by atoms with Crippen molar-refractivity contribution in [3.05, 3.63) is 72.4 Å². The van der Waals surface area contributed by atoms with Crippen LogP contribution in [0.4, 0.5) is 13.2 Å². The fourth-order valence-electron chi connectivity index (χ4n) is 3.56. The largest absolute Gasteiger partial charge is 0.416 e. The molecule has 0 spiro atoms. The van der Waals surface area contributed by atoms with Gasteiger partial charge >= 0.3 is 6.18 Å². The Labute approximate surface area is 192 Å². The maximum atomic E-state index is 12.9. The lowest BCUT2D eigenvalue weighted by Crippen LogP contribution is -2.22. The molecule has 4 aromatic rings. The first-order chi connectivity index (χ1) is 15.6. The van der Waals surface area contributed by atoms with Crippen molar-refractivity contribution in [3.63, 3.8) is 0 Å². The summed E-state index contributed by atoms with van der Waals surface area (Å²) in [6.45, 7) is 7.90. The van der Waals surface area contributed by atoms with Crippen LogP contribution >= 0.6 is 0 Å². The number of ether oxygens (including phenoxy) is 1. The zero-order valence-electron chi connectivity index (χ0n) is 18.9. The highest BCUT2D eigenvalue weighted by molar-refractivity contribution is 6.76. The van der Waals surface area contributed by atoms with Gasteiger partial charge in [0, 0.05) is 26.3 Å². The van der Waals surface area contributed by atoms with Crippen molar-refractivity contribution in [2.24, 2.45) is 0 Å². The fraction of sp³-hybridized carbons (Fsp3) is 0.280. The highest BCUT2D eigenvalue weighted by Gasteiger charge is 2.30. The molecule has 2 aromatic heterocycles. The lowest BCUT2D eigenvalue weighted by Gasteiger charge is -2.15. The Morgan fingerprint density at radius 2 is 1.67 bits per heavy atom. The van der Waals surface area contributed by atoms with E-state index < -0.39 is 19.8 Å². The molecule has 0 fully saturated rings. The van der Waals surface area contributed by atoms with Gasteiger partial charge in [-0.15, -0.1) is 0 Å². The average molecular weight is 470 g/mol. The number of rotatable bonds is 7. The average Bonchev–Trinajstić information content (AvgIpc) is 3.13. The Hall–Kier alpha value is -2.97. The van der Waals surface area contributed by atoms with Crippen LogP contribution in [0.2, 0.25) is 25.7 Å². The maximum absolute atomic E-state index is 12.9. The third-order valence-electron chi connectivity index (χ3n) is 5.40. The van der Waals surface area contributed by atoms with Gasteiger partial charge in [-0.1, -0.05) is 43.9 Å². The molecule has 0 aliphatic rings. The Bertz CT molecular complexity index is 1230. The normalized spacial score (nSPS) is 12.4. The van der Waals surface area contributed by atoms with E-state index in [0.29, 0.717) is 18.9 Å². The summed E-state index contributed by atoms with van der Waals surface area (Å²) < 4.78 is 46.6. The van der Waals surface area contributed by atoms with Crippen molar-refractivity contribution in [1.29, 1.82) is 0 Å². The number of benzene rings is 2. The van der Waals surface area contributed by atoms with Crippen molar-refractivity contribution in [1.82, 2.24) is 14.8 Å². The van der Waals surface area contributed by atoms with Crippen LogP contribution in [0.3, 0.4) is 0 Å². The molecule has 172 valence electrons. The van der Waals surface area contributed by atoms with Gasteiger partial charge in [0.1, 0.15) is 6.73 Å². The molecule has 0 saturated carbocycles. The van der Waals surface area contributed by atoms with E-state index in [2.05, 4.69) is 24.6 Å². The minimum Gasteiger partial charge on any atom is -0.360 e. The van der Waals surface area contributed by atoms with Crippen LogP contribution in [-0.4, -0.2) is 29.4 Å². The zero-order valence-corrected chi connectivity index (χ0v) is 19.9. The van der Waals surface area contributed by atoms with Gasteiger partial charge < -0.3 is 4.74 Å². The van der Waals surface area contributed by atoms with Crippen LogP contribution in [0.5, 0.6) is 0 Å². The maximum Gasteiger partial charge on any atom is 0.416 e. The summed E-state index contributed by atoms with van der Waals surface area (Å²) in [5.41, 5.74) is 3.22. The first-order valence-electron chi connectivity index (χ1n) is 10.8. The van der Waals surface area contributed by atoms with Crippen LogP contribution in [0, 0.1) is 0 Å².